The summed E-state index contributed by atoms with van der Waals surface area (Å²) in [5.74, 6) is -0.345. The summed E-state index contributed by atoms with van der Waals surface area (Å²) in [6.07, 6.45) is -5.62. The Kier molecular flexibility index (Phi) is 5.53. The minimum atomic E-state index is -1.57. The van der Waals surface area contributed by atoms with Gasteiger partial charge in [-0.05, 0) is 18.2 Å². The molecule has 1 aliphatic heterocycles. The van der Waals surface area contributed by atoms with Crippen molar-refractivity contribution < 1.29 is 44.3 Å². The number of benzene rings is 1. The Hall–Kier alpha value is -2.37. The molecule has 2 aromatic rings. The molecular weight excluding hydrogens is 362 g/mol. The maximum Gasteiger partial charge on any atom is 0.337 e. The molecule has 10 heteroatoms. The van der Waals surface area contributed by atoms with Crippen molar-refractivity contribution in [2.24, 2.45) is 0 Å². The number of aliphatic hydroxyl groups excluding tert-OH is 4. The zero-order chi connectivity index (χ0) is 19.7. The van der Waals surface area contributed by atoms with Gasteiger partial charge < -0.3 is 39.5 Å². The number of carbonyl (C=O) groups excluding carboxylic acids is 1. The first kappa shape index (κ1) is 19.4. The van der Waals surface area contributed by atoms with Crippen LogP contribution in [0.1, 0.15) is 10.4 Å². The molecule has 27 heavy (non-hydrogen) atoms. The topological polar surface area (TPSA) is 140 Å². The number of ether oxygens (including phenoxy) is 3. The Labute approximate surface area is 154 Å². The van der Waals surface area contributed by atoms with Gasteiger partial charge in [0.25, 0.3) is 0 Å². The highest BCUT2D eigenvalue weighted by Gasteiger charge is 2.45. The van der Waals surface area contributed by atoms with Crippen LogP contribution in [0, 0.1) is 0 Å². The van der Waals surface area contributed by atoms with Gasteiger partial charge >= 0.3 is 5.97 Å². The molecule has 1 aliphatic rings. The number of aromatic nitrogens is 1. The van der Waals surface area contributed by atoms with Crippen molar-refractivity contribution in [3.63, 3.8) is 0 Å². The van der Waals surface area contributed by atoms with Crippen molar-refractivity contribution >= 4 is 16.9 Å². The van der Waals surface area contributed by atoms with Crippen molar-refractivity contribution in [2.45, 2.75) is 30.7 Å². The summed E-state index contributed by atoms with van der Waals surface area (Å²) in [4.78, 5) is 17.0. The van der Waals surface area contributed by atoms with Gasteiger partial charge in [-0.1, -0.05) is 0 Å². The Morgan fingerprint density at radius 3 is 2.56 bits per heavy atom. The number of esters is 1. The number of fused-ring (bicyclic) bond motifs is 1. The molecule has 1 fully saturated rings. The van der Waals surface area contributed by atoms with E-state index in [1.807, 2.05) is 0 Å². The summed E-state index contributed by atoms with van der Waals surface area (Å²) in [7, 11) is 2.70. The first-order valence-corrected chi connectivity index (χ1v) is 8.16. The smallest absolute Gasteiger partial charge is 0.337 e. The molecule has 0 bridgehead atoms. The van der Waals surface area contributed by atoms with Crippen LogP contribution in [0.5, 0.6) is 5.75 Å². The largest absolute Gasteiger partial charge is 0.465 e. The third-order valence-corrected chi connectivity index (χ3v) is 4.44. The quantitative estimate of drug-likeness (QED) is 0.462. The van der Waals surface area contributed by atoms with Crippen LogP contribution in [0.3, 0.4) is 0 Å². The second kappa shape index (κ2) is 7.71. The van der Waals surface area contributed by atoms with Crippen LogP contribution in [-0.4, -0.2) is 82.7 Å². The number of hydrogen-bond acceptors (Lipinski definition) is 9. The van der Waals surface area contributed by atoms with E-state index in [1.54, 1.807) is 12.1 Å². The molecule has 1 aromatic carbocycles. The zero-order valence-electron chi connectivity index (χ0n) is 14.7. The summed E-state index contributed by atoms with van der Waals surface area (Å²) in [5.41, 5.74) is 0.849. The van der Waals surface area contributed by atoms with E-state index in [0.29, 0.717) is 10.9 Å². The maximum absolute atomic E-state index is 11.8. The lowest BCUT2D eigenvalue weighted by Crippen LogP contribution is -2.60. The molecule has 0 radical (unpaired) electrons. The number of aliphatic hydroxyl groups is 4. The van der Waals surface area contributed by atoms with Crippen molar-refractivity contribution in [2.75, 3.05) is 20.8 Å². The highest BCUT2D eigenvalue weighted by molar-refractivity contribution is 5.96. The molecule has 148 valence electrons. The van der Waals surface area contributed by atoms with E-state index in [9.17, 15) is 25.2 Å². The van der Waals surface area contributed by atoms with Crippen LogP contribution in [0.15, 0.2) is 24.4 Å². The monoisotopic (exact) mass is 383 g/mol. The van der Waals surface area contributed by atoms with Gasteiger partial charge in [-0.2, -0.15) is 4.73 Å². The number of nitrogens with zero attached hydrogens (tertiary/aromatic N) is 1. The van der Waals surface area contributed by atoms with E-state index in [4.69, 9.17) is 19.0 Å². The van der Waals surface area contributed by atoms with Gasteiger partial charge in [-0.3, -0.25) is 0 Å². The first-order chi connectivity index (χ1) is 12.9. The Morgan fingerprint density at radius 2 is 1.93 bits per heavy atom. The van der Waals surface area contributed by atoms with Crippen LogP contribution >= 0.6 is 0 Å². The fourth-order valence-electron chi connectivity index (χ4n) is 2.95. The molecule has 2 heterocycles. The number of methoxy groups -OCH3 is 1. The predicted molar refractivity (Wildman–Crippen MR) is 90.2 cm³/mol. The van der Waals surface area contributed by atoms with Crippen LogP contribution in [-0.2, 0) is 9.47 Å². The molecule has 10 nitrogen and oxygen atoms in total. The second-order valence-corrected chi connectivity index (χ2v) is 6.04. The van der Waals surface area contributed by atoms with Crippen LogP contribution in [0.2, 0.25) is 0 Å². The fourth-order valence-corrected chi connectivity index (χ4v) is 2.95. The Bertz CT molecular complexity index is 818. The highest BCUT2D eigenvalue weighted by Crippen LogP contribution is 2.32. The van der Waals surface area contributed by atoms with E-state index < -0.39 is 43.3 Å². The Balaban J connectivity index is 1.97. The summed E-state index contributed by atoms with van der Waals surface area (Å²) in [6.45, 7) is -0.572. The summed E-state index contributed by atoms with van der Waals surface area (Å²) in [6, 6.07) is 4.71. The SMILES string of the molecule is COC(=O)c1ccc2c(c1)c(O[C@@H]1O[C@H](CO)[C@@H](O)[C@H](O)[C@H]1O)cn2OC. The lowest BCUT2D eigenvalue weighted by molar-refractivity contribution is -0.277. The van der Waals surface area contributed by atoms with E-state index in [1.165, 1.54) is 31.2 Å². The molecule has 1 saturated heterocycles. The highest BCUT2D eigenvalue weighted by atomic mass is 16.7. The maximum atomic E-state index is 11.8. The molecular formula is C17H21NO9. The lowest BCUT2D eigenvalue weighted by atomic mass is 9.99. The molecule has 3 rings (SSSR count). The predicted octanol–water partition coefficient (Wildman–Crippen LogP) is -1.34. The average Bonchev–Trinajstić information content (AvgIpc) is 3.04. The van der Waals surface area contributed by atoms with Crippen molar-refractivity contribution in [3.8, 4) is 5.75 Å². The first-order valence-electron chi connectivity index (χ1n) is 8.16. The standard InChI is InChI=1S/C17H21NO9/c1-24-16(23)8-3-4-10-9(5-8)11(6-18(10)25-2)26-17-15(22)14(21)13(20)12(7-19)27-17/h3-6,12-15,17,19-22H,7H2,1-2H3/t12-,13-,14+,15-,17-/m1/s1. The van der Waals surface area contributed by atoms with Crippen molar-refractivity contribution in [1.29, 1.82) is 0 Å². The van der Waals surface area contributed by atoms with E-state index in [2.05, 4.69) is 0 Å². The van der Waals surface area contributed by atoms with Crippen LogP contribution in [0.25, 0.3) is 10.9 Å². The van der Waals surface area contributed by atoms with Crippen molar-refractivity contribution in [1.82, 2.24) is 4.73 Å². The molecule has 0 aliphatic carbocycles. The number of carbonyl (C=O) groups is 1. The molecule has 5 atom stereocenters. The molecule has 0 amide bonds. The van der Waals surface area contributed by atoms with Gasteiger partial charge in [0, 0.05) is 5.39 Å². The summed E-state index contributed by atoms with van der Waals surface area (Å²) >= 11 is 0. The van der Waals surface area contributed by atoms with Gasteiger partial charge in [0.15, 0.2) is 5.75 Å². The average molecular weight is 383 g/mol. The molecule has 0 spiro atoms. The lowest BCUT2D eigenvalue weighted by Gasteiger charge is -2.39. The normalized spacial score (nSPS) is 28.1. The molecule has 1 aromatic heterocycles. The van der Waals surface area contributed by atoms with Crippen LogP contribution < -0.4 is 9.57 Å². The fraction of sp³-hybridized carbons (Fsp3) is 0.471. The minimum absolute atomic E-state index is 0.196. The third-order valence-electron chi connectivity index (χ3n) is 4.44. The third kappa shape index (κ3) is 3.45. The van der Waals surface area contributed by atoms with E-state index in [0.717, 1.165) is 0 Å². The van der Waals surface area contributed by atoms with Crippen molar-refractivity contribution in [3.05, 3.63) is 30.0 Å². The number of rotatable bonds is 5. The van der Waals surface area contributed by atoms with Gasteiger partial charge in [0.1, 0.15) is 31.5 Å². The zero-order valence-corrected chi connectivity index (χ0v) is 14.7. The second-order valence-electron chi connectivity index (χ2n) is 6.04. The molecule has 0 unspecified atom stereocenters. The minimum Gasteiger partial charge on any atom is -0.465 e. The van der Waals surface area contributed by atoms with Gasteiger partial charge in [-0.15, -0.1) is 0 Å². The Morgan fingerprint density at radius 1 is 1.19 bits per heavy atom. The summed E-state index contributed by atoms with van der Waals surface area (Å²) in [5, 5.41) is 39.6. The van der Waals surface area contributed by atoms with Gasteiger partial charge in [0.05, 0.1) is 31.0 Å². The van der Waals surface area contributed by atoms with Crippen LogP contribution in [0.4, 0.5) is 0 Å². The summed E-state index contributed by atoms with van der Waals surface area (Å²) < 4.78 is 17.1. The van der Waals surface area contributed by atoms with Gasteiger partial charge in [0.2, 0.25) is 6.29 Å². The number of hydrogen-bond donors (Lipinski definition) is 4. The van der Waals surface area contributed by atoms with E-state index in [-0.39, 0.29) is 11.3 Å². The molecule has 0 saturated carbocycles. The molecule has 4 N–H and O–H groups in total. The van der Waals surface area contributed by atoms with Gasteiger partial charge in [-0.25, -0.2) is 4.79 Å². The van der Waals surface area contributed by atoms with E-state index >= 15 is 0 Å².